The van der Waals surface area contributed by atoms with E-state index >= 15 is 0 Å². The Morgan fingerprint density at radius 2 is 1.86 bits per heavy atom. The largest absolute Gasteiger partial charge is 0.364 e. The van der Waals surface area contributed by atoms with E-state index in [0.717, 1.165) is 18.8 Å². The molecule has 9 heteroatoms. The van der Waals surface area contributed by atoms with Gasteiger partial charge in [-0.25, -0.2) is 13.4 Å². The number of likely N-dealkylation sites (N-methyl/N-ethyl adjacent to an activating group) is 1. The van der Waals surface area contributed by atoms with Crippen molar-refractivity contribution in [2.24, 2.45) is 0 Å². The molecule has 2 aromatic rings. The van der Waals surface area contributed by atoms with Gasteiger partial charge in [-0.15, -0.1) is 0 Å². The number of hydrogen-bond acceptors (Lipinski definition) is 6. The van der Waals surface area contributed by atoms with Gasteiger partial charge in [-0.1, -0.05) is 12.8 Å². The summed E-state index contributed by atoms with van der Waals surface area (Å²) in [5.74, 6) is 0.646. The Balaban J connectivity index is 1.35. The van der Waals surface area contributed by atoms with Crippen molar-refractivity contribution in [2.75, 3.05) is 38.5 Å². The second-order valence-electron chi connectivity index (χ2n) is 7.67. The highest BCUT2D eigenvalue weighted by Gasteiger charge is 2.27. The average Bonchev–Trinajstić information content (AvgIpc) is 3.39. The number of anilines is 1. The van der Waals surface area contributed by atoms with Crippen LogP contribution < -0.4 is 5.32 Å². The molecule has 1 saturated carbocycles. The van der Waals surface area contributed by atoms with E-state index in [1.54, 1.807) is 12.1 Å². The molecule has 1 aliphatic heterocycles. The molecule has 8 nitrogen and oxygen atoms in total. The summed E-state index contributed by atoms with van der Waals surface area (Å²) in [5.41, 5.74) is 0.961. The lowest BCUT2D eigenvalue weighted by atomic mass is 10.3. The minimum atomic E-state index is -3.47. The maximum atomic E-state index is 12.7. The number of rotatable bonds is 6. The zero-order valence-corrected chi connectivity index (χ0v) is 17.1. The summed E-state index contributed by atoms with van der Waals surface area (Å²) in [6, 6.07) is 5.90. The van der Waals surface area contributed by atoms with Gasteiger partial charge >= 0.3 is 0 Å². The van der Waals surface area contributed by atoms with Crippen molar-refractivity contribution in [1.82, 2.24) is 24.0 Å². The van der Waals surface area contributed by atoms with Crippen molar-refractivity contribution in [3.05, 3.63) is 36.3 Å². The summed E-state index contributed by atoms with van der Waals surface area (Å²) in [7, 11) is -1.47. The molecule has 3 heterocycles. The summed E-state index contributed by atoms with van der Waals surface area (Å²) >= 11 is 0. The lowest BCUT2D eigenvalue weighted by Gasteiger charge is -2.31. The zero-order valence-electron chi connectivity index (χ0n) is 16.3. The number of sulfonamides is 1. The Morgan fingerprint density at radius 1 is 1.11 bits per heavy atom. The van der Waals surface area contributed by atoms with Crippen LogP contribution in [0.4, 0.5) is 5.82 Å². The summed E-state index contributed by atoms with van der Waals surface area (Å²) < 4.78 is 29.1. The van der Waals surface area contributed by atoms with E-state index in [4.69, 9.17) is 0 Å². The van der Waals surface area contributed by atoms with Crippen LogP contribution in [0.15, 0.2) is 35.5 Å². The number of piperazine rings is 1. The molecule has 1 aliphatic carbocycles. The van der Waals surface area contributed by atoms with Crippen LogP contribution in [-0.2, 0) is 16.6 Å². The Bertz CT molecular complexity index is 881. The summed E-state index contributed by atoms with van der Waals surface area (Å²) in [6.45, 7) is 3.10. The van der Waals surface area contributed by atoms with E-state index in [9.17, 15) is 8.42 Å². The Hall–Kier alpha value is -1.97. The van der Waals surface area contributed by atoms with Gasteiger partial charge in [0, 0.05) is 38.6 Å². The van der Waals surface area contributed by atoms with Crippen LogP contribution in [0.5, 0.6) is 0 Å². The van der Waals surface area contributed by atoms with E-state index in [-0.39, 0.29) is 4.90 Å². The molecule has 2 aliphatic rings. The minimum Gasteiger partial charge on any atom is -0.364 e. The van der Waals surface area contributed by atoms with Crippen molar-refractivity contribution in [3.63, 3.8) is 0 Å². The fraction of sp³-hybridized carbons (Fsp3) is 0.579. The summed E-state index contributed by atoms with van der Waals surface area (Å²) in [5, 5.41) is 7.88. The van der Waals surface area contributed by atoms with Crippen LogP contribution in [0.1, 0.15) is 37.4 Å². The molecule has 1 N–H and O–H groups in total. The topological polar surface area (TPSA) is 83.4 Å². The quantitative estimate of drug-likeness (QED) is 0.792. The number of pyridine rings is 1. The van der Waals surface area contributed by atoms with E-state index in [2.05, 4.69) is 25.0 Å². The lowest BCUT2D eigenvalue weighted by Crippen LogP contribution is -2.47. The number of nitrogens with zero attached hydrogens (tertiary/aromatic N) is 5. The molecular weight excluding hydrogens is 376 g/mol. The highest BCUT2D eigenvalue weighted by Crippen LogP contribution is 2.28. The first-order valence-electron chi connectivity index (χ1n) is 9.95. The maximum Gasteiger partial charge on any atom is 0.244 e. The fourth-order valence-corrected chi connectivity index (χ4v) is 5.21. The van der Waals surface area contributed by atoms with Gasteiger partial charge in [-0.05, 0) is 38.1 Å². The minimum absolute atomic E-state index is 0.244. The van der Waals surface area contributed by atoms with E-state index in [1.807, 2.05) is 19.3 Å². The van der Waals surface area contributed by atoms with E-state index in [0.29, 0.717) is 31.5 Å². The van der Waals surface area contributed by atoms with E-state index in [1.165, 1.54) is 36.2 Å². The van der Waals surface area contributed by atoms with Gasteiger partial charge in [0.05, 0.1) is 18.3 Å². The van der Waals surface area contributed by atoms with Gasteiger partial charge in [0.2, 0.25) is 10.0 Å². The Morgan fingerprint density at radius 3 is 2.54 bits per heavy atom. The van der Waals surface area contributed by atoms with Crippen LogP contribution in [-0.4, -0.2) is 65.6 Å². The van der Waals surface area contributed by atoms with Gasteiger partial charge in [0.25, 0.3) is 0 Å². The molecule has 152 valence electrons. The van der Waals surface area contributed by atoms with Gasteiger partial charge < -0.3 is 10.2 Å². The molecular formula is C19H28N6O2S. The van der Waals surface area contributed by atoms with Crippen molar-refractivity contribution in [3.8, 4) is 0 Å². The molecule has 2 aromatic heterocycles. The van der Waals surface area contributed by atoms with Crippen molar-refractivity contribution >= 4 is 15.8 Å². The normalized spacial score (nSPS) is 19.9. The monoisotopic (exact) mass is 404 g/mol. The first-order valence-corrected chi connectivity index (χ1v) is 11.4. The maximum absolute atomic E-state index is 12.7. The first-order chi connectivity index (χ1) is 13.5. The van der Waals surface area contributed by atoms with Crippen LogP contribution in [0.2, 0.25) is 0 Å². The molecule has 0 bridgehead atoms. The highest BCUT2D eigenvalue weighted by molar-refractivity contribution is 7.89. The van der Waals surface area contributed by atoms with Crippen LogP contribution in [0.3, 0.4) is 0 Å². The van der Waals surface area contributed by atoms with Crippen molar-refractivity contribution in [1.29, 1.82) is 0 Å². The number of nitrogens with one attached hydrogen (secondary N) is 1. The van der Waals surface area contributed by atoms with Crippen molar-refractivity contribution in [2.45, 2.75) is 43.2 Å². The van der Waals surface area contributed by atoms with Crippen molar-refractivity contribution < 1.29 is 8.42 Å². The van der Waals surface area contributed by atoms with Gasteiger partial charge in [0.15, 0.2) is 0 Å². The summed E-state index contributed by atoms with van der Waals surface area (Å²) in [4.78, 5) is 6.67. The Labute approximate surface area is 166 Å². The van der Waals surface area contributed by atoms with Gasteiger partial charge in [-0.3, -0.25) is 4.68 Å². The SMILES string of the molecule is CN1CCN(S(=O)(=O)c2ccc(NCc3ccn(C4CCCC4)n3)nc2)CC1. The van der Waals surface area contributed by atoms with Crippen LogP contribution in [0, 0.1) is 0 Å². The third-order valence-electron chi connectivity index (χ3n) is 5.65. The smallest absolute Gasteiger partial charge is 0.244 e. The fourth-order valence-electron chi connectivity index (χ4n) is 3.84. The predicted octanol–water partition coefficient (Wildman–Crippen LogP) is 1.94. The molecule has 4 rings (SSSR count). The molecule has 1 saturated heterocycles. The molecule has 0 spiro atoms. The zero-order chi connectivity index (χ0) is 19.6. The first kappa shape index (κ1) is 19.4. The number of aromatic nitrogens is 3. The van der Waals surface area contributed by atoms with Gasteiger partial charge in [-0.2, -0.15) is 9.40 Å². The summed E-state index contributed by atoms with van der Waals surface area (Å²) in [6.07, 6.45) is 8.47. The average molecular weight is 405 g/mol. The molecule has 0 unspecified atom stereocenters. The van der Waals surface area contributed by atoms with E-state index < -0.39 is 10.0 Å². The third-order valence-corrected chi connectivity index (χ3v) is 7.53. The molecule has 0 aromatic carbocycles. The number of hydrogen-bond donors (Lipinski definition) is 1. The molecule has 0 amide bonds. The third kappa shape index (κ3) is 4.21. The lowest BCUT2D eigenvalue weighted by molar-refractivity contribution is 0.222. The molecule has 0 atom stereocenters. The second kappa shape index (κ2) is 8.18. The van der Waals surface area contributed by atoms with Gasteiger partial charge in [0.1, 0.15) is 10.7 Å². The molecule has 28 heavy (non-hydrogen) atoms. The standard InChI is InChI=1S/C19H28N6O2S/c1-23-10-12-24(13-11-23)28(26,27)18-6-7-19(21-15-18)20-14-16-8-9-25(22-16)17-4-2-3-5-17/h6-9,15,17H,2-5,10-14H2,1H3,(H,20,21). The molecule has 0 radical (unpaired) electrons. The second-order valence-corrected chi connectivity index (χ2v) is 9.60. The van der Waals surface area contributed by atoms with Crippen LogP contribution >= 0.6 is 0 Å². The van der Waals surface area contributed by atoms with Crippen LogP contribution in [0.25, 0.3) is 0 Å². The Kier molecular flexibility index (Phi) is 5.65. The highest BCUT2D eigenvalue weighted by atomic mass is 32.2. The predicted molar refractivity (Wildman–Crippen MR) is 108 cm³/mol. The molecule has 2 fully saturated rings.